The number of amides is 2. The smallest absolute Gasteiger partial charge is 0.325 e. The summed E-state index contributed by atoms with van der Waals surface area (Å²) >= 11 is 0. The van der Waals surface area contributed by atoms with Gasteiger partial charge in [0.05, 0.1) is 19.8 Å². The quantitative estimate of drug-likeness (QED) is 0.668. The van der Waals surface area contributed by atoms with Crippen LogP contribution in [0.2, 0.25) is 0 Å². The van der Waals surface area contributed by atoms with Gasteiger partial charge in [-0.25, -0.2) is 4.79 Å². The van der Waals surface area contributed by atoms with Gasteiger partial charge in [0, 0.05) is 19.6 Å². The van der Waals surface area contributed by atoms with E-state index in [4.69, 9.17) is 9.47 Å². The molecule has 1 fully saturated rings. The minimum absolute atomic E-state index is 0.0144. The number of ether oxygens (including phenoxy) is 2. The summed E-state index contributed by atoms with van der Waals surface area (Å²) in [4.78, 5) is 26.6. The highest BCUT2D eigenvalue weighted by Gasteiger charge is 2.23. The van der Waals surface area contributed by atoms with Crippen molar-refractivity contribution in [2.45, 2.75) is 13.8 Å². The molecule has 1 aliphatic heterocycles. The number of likely N-dealkylation sites (N-methyl/N-ethyl adjacent to an activating group) is 1. The zero-order chi connectivity index (χ0) is 12.7. The van der Waals surface area contributed by atoms with Crippen LogP contribution >= 0.6 is 0 Å². The van der Waals surface area contributed by atoms with Crippen molar-refractivity contribution >= 4 is 12.0 Å². The molecular weight excluding hydrogens is 224 g/mol. The zero-order valence-corrected chi connectivity index (χ0v) is 10.5. The van der Waals surface area contributed by atoms with Gasteiger partial charge in [-0.1, -0.05) is 0 Å². The molecular formula is C11H20N2O4. The lowest BCUT2D eigenvalue weighted by Gasteiger charge is -2.31. The van der Waals surface area contributed by atoms with E-state index in [-0.39, 0.29) is 18.5 Å². The normalized spacial score (nSPS) is 15.5. The fourth-order valence-electron chi connectivity index (χ4n) is 1.63. The molecule has 0 unspecified atom stereocenters. The Morgan fingerprint density at radius 3 is 2.47 bits per heavy atom. The Bertz CT molecular complexity index is 264. The first kappa shape index (κ1) is 13.8. The van der Waals surface area contributed by atoms with Gasteiger partial charge in [-0.2, -0.15) is 0 Å². The van der Waals surface area contributed by atoms with Crippen LogP contribution in [-0.4, -0.2) is 67.8 Å². The number of carbonyl (C=O) groups excluding carboxylic acids is 2. The monoisotopic (exact) mass is 244 g/mol. The highest BCUT2D eigenvalue weighted by atomic mass is 16.5. The predicted octanol–water partition coefficient (Wildman–Crippen LogP) is 0.324. The fraction of sp³-hybridized carbons (Fsp3) is 0.818. The van der Waals surface area contributed by atoms with Crippen molar-refractivity contribution in [2.24, 2.45) is 0 Å². The van der Waals surface area contributed by atoms with E-state index in [0.717, 1.165) is 0 Å². The van der Waals surface area contributed by atoms with Crippen molar-refractivity contribution in [2.75, 3.05) is 46.0 Å². The van der Waals surface area contributed by atoms with Crippen molar-refractivity contribution < 1.29 is 19.1 Å². The zero-order valence-electron chi connectivity index (χ0n) is 10.5. The van der Waals surface area contributed by atoms with Crippen molar-refractivity contribution in [3.8, 4) is 0 Å². The Morgan fingerprint density at radius 1 is 1.29 bits per heavy atom. The summed E-state index contributed by atoms with van der Waals surface area (Å²) in [7, 11) is 0. The average Bonchev–Trinajstić information content (AvgIpc) is 2.36. The maximum atomic E-state index is 12.1. The molecule has 6 heteroatoms. The van der Waals surface area contributed by atoms with Gasteiger partial charge < -0.3 is 19.3 Å². The highest BCUT2D eigenvalue weighted by molar-refractivity contribution is 5.81. The Balaban J connectivity index is 2.47. The summed E-state index contributed by atoms with van der Waals surface area (Å²) < 4.78 is 10.0. The molecule has 0 atom stereocenters. The van der Waals surface area contributed by atoms with Crippen LogP contribution in [0.5, 0.6) is 0 Å². The molecule has 1 rings (SSSR count). The topological polar surface area (TPSA) is 59.1 Å². The van der Waals surface area contributed by atoms with E-state index >= 15 is 0 Å². The molecule has 98 valence electrons. The molecule has 0 aliphatic carbocycles. The van der Waals surface area contributed by atoms with Gasteiger partial charge in [0.25, 0.3) is 0 Å². The third-order valence-corrected chi connectivity index (χ3v) is 2.56. The molecule has 0 aromatic carbocycles. The van der Waals surface area contributed by atoms with Crippen molar-refractivity contribution in [1.82, 2.24) is 9.80 Å². The summed E-state index contributed by atoms with van der Waals surface area (Å²) in [6.07, 6.45) is 0. The van der Waals surface area contributed by atoms with Crippen LogP contribution in [0.4, 0.5) is 4.79 Å². The Kier molecular flexibility index (Phi) is 5.76. The lowest BCUT2D eigenvalue weighted by Crippen LogP contribution is -2.49. The second-order valence-electron chi connectivity index (χ2n) is 3.70. The first-order valence-electron chi connectivity index (χ1n) is 5.96. The second kappa shape index (κ2) is 7.11. The van der Waals surface area contributed by atoms with Crippen LogP contribution in [0.15, 0.2) is 0 Å². The van der Waals surface area contributed by atoms with Gasteiger partial charge in [0.2, 0.25) is 0 Å². The molecule has 0 bridgehead atoms. The molecule has 0 radical (unpaired) electrons. The van der Waals surface area contributed by atoms with Gasteiger partial charge in [-0.3, -0.25) is 4.79 Å². The van der Waals surface area contributed by atoms with E-state index < -0.39 is 0 Å². The van der Waals surface area contributed by atoms with Crippen LogP contribution in [0.25, 0.3) is 0 Å². The molecule has 0 N–H and O–H groups in total. The van der Waals surface area contributed by atoms with E-state index in [1.807, 2.05) is 6.92 Å². The predicted molar refractivity (Wildman–Crippen MR) is 61.7 cm³/mol. The van der Waals surface area contributed by atoms with Crippen LogP contribution < -0.4 is 0 Å². The second-order valence-corrected chi connectivity index (χ2v) is 3.70. The van der Waals surface area contributed by atoms with Crippen molar-refractivity contribution in [1.29, 1.82) is 0 Å². The molecule has 0 saturated carbocycles. The molecule has 0 aromatic rings. The Morgan fingerprint density at radius 2 is 1.94 bits per heavy atom. The third-order valence-electron chi connectivity index (χ3n) is 2.56. The van der Waals surface area contributed by atoms with Crippen molar-refractivity contribution in [3.05, 3.63) is 0 Å². The van der Waals surface area contributed by atoms with Gasteiger partial charge >= 0.3 is 12.0 Å². The van der Waals surface area contributed by atoms with E-state index in [2.05, 4.69) is 0 Å². The third kappa shape index (κ3) is 4.22. The lowest BCUT2D eigenvalue weighted by molar-refractivity contribution is -0.143. The van der Waals surface area contributed by atoms with Gasteiger partial charge in [-0.15, -0.1) is 0 Å². The number of morpholine rings is 1. The van der Waals surface area contributed by atoms with Crippen LogP contribution in [0.1, 0.15) is 13.8 Å². The highest BCUT2D eigenvalue weighted by Crippen LogP contribution is 2.03. The van der Waals surface area contributed by atoms with Crippen LogP contribution in [0.3, 0.4) is 0 Å². The SMILES string of the molecule is CCOC(=O)CN(CC)C(=O)N1CCOCC1. The van der Waals surface area contributed by atoms with E-state index in [1.165, 1.54) is 4.90 Å². The summed E-state index contributed by atoms with van der Waals surface area (Å²) in [6.45, 7) is 6.72. The van der Waals surface area contributed by atoms with Gasteiger partial charge in [-0.05, 0) is 13.8 Å². The molecule has 1 aliphatic rings. The number of carbonyl (C=O) groups is 2. The standard InChI is InChI=1S/C11H20N2O4/c1-3-12(9-10(14)17-4-2)11(15)13-5-7-16-8-6-13/h3-9H2,1-2H3. The summed E-state index contributed by atoms with van der Waals surface area (Å²) in [5.74, 6) is -0.365. The maximum absolute atomic E-state index is 12.1. The molecule has 0 spiro atoms. The number of hydrogen-bond acceptors (Lipinski definition) is 4. The molecule has 17 heavy (non-hydrogen) atoms. The van der Waals surface area contributed by atoms with Crippen LogP contribution in [0, 0.1) is 0 Å². The number of rotatable bonds is 4. The molecule has 6 nitrogen and oxygen atoms in total. The summed E-state index contributed by atoms with van der Waals surface area (Å²) in [5.41, 5.74) is 0. The minimum Gasteiger partial charge on any atom is -0.465 e. The number of esters is 1. The Hall–Kier alpha value is -1.30. The van der Waals surface area contributed by atoms with E-state index in [9.17, 15) is 9.59 Å². The Labute approximate surface area is 101 Å². The lowest BCUT2D eigenvalue weighted by atomic mass is 10.4. The average molecular weight is 244 g/mol. The number of hydrogen-bond donors (Lipinski definition) is 0. The minimum atomic E-state index is -0.365. The number of urea groups is 1. The number of nitrogens with zero attached hydrogens (tertiary/aromatic N) is 2. The van der Waals surface area contributed by atoms with Gasteiger partial charge in [0.1, 0.15) is 6.54 Å². The molecule has 0 aromatic heterocycles. The van der Waals surface area contributed by atoms with Gasteiger partial charge in [0.15, 0.2) is 0 Å². The largest absolute Gasteiger partial charge is 0.465 e. The molecule has 1 heterocycles. The first-order valence-corrected chi connectivity index (χ1v) is 5.96. The molecule has 2 amide bonds. The maximum Gasteiger partial charge on any atom is 0.325 e. The van der Waals surface area contributed by atoms with Crippen LogP contribution in [-0.2, 0) is 14.3 Å². The van der Waals surface area contributed by atoms with E-state index in [0.29, 0.717) is 39.5 Å². The summed E-state index contributed by atoms with van der Waals surface area (Å²) in [6, 6.07) is -0.121. The van der Waals surface area contributed by atoms with Crippen molar-refractivity contribution in [3.63, 3.8) is 0 Å². The fourth-order valence-corrected chi connectivity index (χ4v) is 1.63. The molecule has 1 saturated heterocycles. The summed E-state index contributed by atoms with van der Waals surface area (Å²) in [5, 5.41) is 0. The van der Waals surface area contributed by atoms with E-state index in [1.54, 1.807) is 11.8 Å². The first-order chi connectivity index (χ1) is 8.19.